The number of benzene rings is 2. The number of aromatic nitrogens is 4. The third-order valence-corrected chi connectivity index (χ3v) is 13.8. The summed E-state index contributed by atoms with van der Waals surface area (Å²) in [5, 5.41) is 5.49. The number of nitrogens with one attached hydrogen (secondary N) is 4. The molecule has 0 spiro atoms. The zero-order valence-electron chi connectivity index (χ0n) is 37.3. The van der Waals surface area contributed by atoms with Crippen molar-refractivity contribution in [2.75, 3.05) is 27.3 Å². The van der Waals surface area contributed by atoms with Gasteiger partial charge in [-0.15, -0.1) is 0 Å². The maximum absolute atomic E-state index is 14.0. The molecule has 2 saturated heterocycles. The SMILES string of the molecule is COC(=O)N[C@H](C(=O)N1C[C@H](C)C[C@H]1c1ncc(-c2ccc(-c3ccc(-c4cnc([C@@H]5C[C@@H](C)CN5C(=O)[C@@H](NC(=O)OC)C(C)C)[nH]4)c4c3C3CCC4CC3)cc2)[nH]1)C(C)C. The molecule has 9 rings (SSSR count). The first kappa shape index (κ1) is 43.0. The number of hydrogen-bond acceptors (Lipinski definition) is 8. The molecule has 3 aliphatic carbocycles. The Kier molecular flexibility index (Phi) is 12.2. The molecule has 0 unspecified atom stereocenters. The van der Waals surface area contributed by atoms with Crippen molar-refractivity contribution < 1.29 is 28.7 Å². The van der Waals surface area contributed by atoms with Gasteiger partial charge in [-0.3, -0.25) is 9.59 Å². The lowest BCUT2D eigenvalue weighted by Crippen LogP contribution is -2.51. The molecule has 14 heteroatoms. The number of carbonyl (C=O) groups is 4. The predicted octanol–water partition coefficient (Wildman–Crippen LogP) is 8.47. The molecular formula is C48H62N8O6. The lowest BCUT2D eigenvalue weighted by molar-refractivity contribution is -0.136. The molecule has 2 aliphatic heterocycles. The van der Waals surface area contributed by atoms with E-state index in [4.69, 9.17) is 19.4 Å². The Balaban J connectivity index is 1.04. The fourth-order valence-electron chi connectivity index (χ4n) is 10.7. The van der Waals surface area contributed by atoms with Crippen molar-refractivity contribution in [2.45, 2.75) is 116 Å². The van der Waals surface area contributed by atoms with E-state index in [1.807, 2.05) is 49.9 Å². The summed E-state index contributed by atoms with van der Waals surface area (Å²) in [6.07, 6.45) is 8.81. The average molecular weight is 847 g/mol. The normalized spacial score (nSPS) is 24.0. The van der Waals surface area contributed by atoms with Gasteiger partial charge >= 0.3 is 12.2 Å². The topological polar surface area (TPSA) is 175 Å². The predicted molar refractivity (Wildman–Crippen MR) is 236 cm³/mol. The van der Waals surface area contributed by atoms with Crippen LogP contribution < -0.4 is 10.6 Å². The molecule has 2 aromatic heterocycles. The van der Waals surface area contributed by atoms with Crippen LogP contribution in [0.4, 0.5) is 9.59 Å². The number of carbonyl (C=O) groups excluding carboxylic acids is 4. The van der Waals surface area contributed by atoms with Gasteiger partial charge in [0, 0.05) is 18.7 Å². The molecule has 330 valence electrons. The second-order valence-corrected chi connectivity index (χ2v) is 18.9. The second-order valence-electron chi connectivity index (χ2n) is 18.9. The van der Waals surface area contributed by atoms with Gasteiger partial charge in [-0.2, -0.15) is 0 Å². The van der Waals surface area contributed by atoms with Crippen molar-refractivity contribution in [2.24, 2.45) is 23.7 Å². The number of nitrogens with zero attached hydrogens (tertiary/aromatic N) is 4. The Hall–Kier alpha value is -5.66. The van der Waals surface area contributed by atoms with Crippen molar-refractivity contribution >= 4 is 24.0 Å². The molecule has 4 heterocycles. The number of ether oxygens (including phenoxy) is 2. The van der Waals surface area contributed by atoms with E-state index < -0.39 is 24.3 Å². The number of imidazole rings is 2. The molecule has 4 amide bonds. The fraction of sp³-hybridized carbons (Fsp3) is 0.542. The summed E-state index contributed by atoms with van der Waals surface area (Å²) < 4.78 is 9.65. The van der Waals surface area contributed by atoms with Crippen LogP contribution >= 0.6 is 0 Å². The molecule has 6 atom stereocenters. The van der Waals surface area contributed by atoms with Crippen LogP contribution in [0.5, 0.6) is 0 Å². The summed E-state index contributed by atoms with van der Waals surface area (Å²) >= 11 is 0. The highest BCUT2D eigenvalue weighted by Crippen LogP contribution is 2.55. The van der Waals surface area contributed by atoms with E-state index in [1.54, 1.807) is 0 Å². The monoisotopic (exact) mass is 846 g/mol. The number of likely N-dealkylation sites (tertiary alicyclic amines) is 2. The highest BCUT2D eigenvalue weighted by molar-refractivity contribution is 5.87. The lowest BCUT2D eigenvalue weighted by Gasteiger charge is -2.41. The van der Waals surface area contributed by atoms with Crippen LogP contribution in [0.3, 0.4) is 0 Å². The Morgan fingerprint density at radius 2 is 1.05 bits per heavy atom. The van der Waals surface area contributed by atoms with Crippen molar-refractivity contribution in [1.82, 2.24) is 40.4 Å². The van der Waals surface area contributed by atoms with E-state index >= 15 is 0 Å². The van der Waals surface area contributed by atoms with Gasteiger partial charge < -0.3 is 39.9 Å². The number of aromatic amines is 2. The van der Waals surface area contributed by atoms with E-state index in [9.17, 15) is 19.2 Å². The number of methoxy groups -OCH3 is 2. The highest BCUT2D eigenvalue weighted by atomic mass is 16.5. The quantitative estimate of drug-likeness (QED) is 0.116. The summed E-state index contributed by atoms with van der Waals surface area (Å²) in [5.41, 5.74) is 9.35. The first-order valence-corrected chi connectivity index (χ1v) is 22.4. The van der Waals surface area contributed by atoms with Gasteiger partial charge in [0.2, 0.25) is 11.8 Å². The van der Waals surface area contributed by atoms with Crippen LogP contribution in [-0.2, 0) is 19.1 Å². The Bertz CT molecular complexity index is 2290. The van der Waals surface area contributed by atoms with Crippen LogP contribution in [0.25, 0.3) is 33.6 Å². The van der Waals surface area contributed by atoms with Crippen molar-refractivity contribution in [3.63, 3.8) is 0 Å². The van der Waals surface area contributed by atoms with E-state index in [0.29, 0.717) is 24.9 Å². The summed E-state index contributed by atoms with van der Waals surface area (Å²) in [5.74, 6) is 2.55. The molecule has 4 aromatic rings. The third-order valence-electron chi connectivity index (χ3n) is 13.8. The highest BCUT2D eigenvalue weighted by Gasteiger charge is 2.42. The van der Waals surface area contributed by atoms with Crippen LogP contribution in [0.15, 0.2) is 48.8 Å². The Labute approximate surface area is 364 Å². The third kappa shape index (κ3) is 8.20. The van der Waals surface area contributed by atoms with E-state index in [1.165, 1.54) is 67.7 Å². The van der Waals surface area contributed by atoms with Gasteiger partial charge in [-0.25, -0.2) is 19.6 Å². The standard InChI is InChI=1S/C48H62N8O6/c1-25(2)41(53-47(59)61-7)45(57)55-23-27(5)19-37(55)43-49-21-35(51-43)30-11-9-29(10-12-30)33-17-18-34(40-32-15-13-31(14-16-32)39(33)40)36-22-50-44(52-36)38-20-28(6)24-56(38)46(58)42(26(3)4)54-48(60)62-8/h9-12,17-18,21-22,25-28,31-32,37-38,41-42H,13-16,19-20,23-24H2,1-8H3,(H,49,51)(H,50,52)(H,53,59)(H,54,60)/t27-,28-,31?,32?,37+,38+,41+,42+/m1/s1. The number of alkyl carbamates (subject to hydrolysis) is 2. The van der Waals surface area contributed by atoms with Crippen molar-refractivity contribution in [3.05, 3.63) is 71.6 Å². The number of rotatable bonds is 11. The van der Waals surface area contributed by atoms with E-state index in [2.05, 4.69) is 70.8 Å². The summed E-state index contributed by atoms with van der Waals surface area (Å²) in [6, 6.07) is 11.4. The lowest BCUT2D eigenvalue weighted by atomic mass is 9.64. The zero-order valence-corrected chi connectivity index (χ0v) is 37.3. The van der Waals surface area contributed by atoms with Crippen LogP contribution in [-0.4, -0.2) is 93.1 Å². The van der Waals surface area contributed by atoms with Crippen LogP contribution in [0.2, 0.25) is 0 Å². The number of amides is 4. The van der Waals surface area contributed by atoms with Gasteiger partial charge in [0.25, 0.3) is 0 Å². The minimum Gasteiger partial charge on any atom is -0.453 e. The maximum atomic E-state index is 14.0. The van der Waals surface area contributed by atoms with Gasteiger partial charge in [0.1, 0.15) is 23.7 Å². The number of H-pyrrole nitrogens is 2. The molecule has 2 bridgehead atoms. The van der Waals surface area contributed by atoms with Crippen molar-refractivity contribution in [3.8, 4) is 33.6 Å². The molecule has 3 fully saturated rings. The molecule has 2 aromatic carbocycles. The molecule has 14 nitrogen and oxygen atoms in total. The largest absolute Gasteiger partial charge is 0.453 e. The molecule has 5 aliphatic rings. The van der Waals surface area contributed by atoms with Crippen molar-refractivity contribution in [1.29, 1.82) is 0 Å². The van der Waals surface area contributed by atoms with E-state index in [0.717, 1.165) is 41.4 Å². The summed E-state index contributed by atoms with van der Waals surface area (Å²) in [4.78, 5) is 72.7. The van der Waals surface area contributed by atoms with E-state index in [-0.39, 0.29) is 47.6 Å². The number of fused-ring (bicyclic) bond motifs is 2. The Morgan fingerprint density at radius 1 is 0.629 bits per heavy atom. The first-order valence-electron chi connectivity index (χ1n) is 22.4. The minimum atomic E-state index is -0.699. The molecule has 1 saturated carbocycles. The van der Waals surface area contributed by atoms with Crippen LogP contribution in [0.1, 0.15) is 127 Å². The molecular weight excluding hydrogens is 785 g/mol. The zero-order chi connectivity index (χ0) is 44.0. The van der Waals surface area contributed by atoms with Gasteiger partial charge in [-0.1, -0.05) is 77.9 Å². The average Bonchev–Trinajstić information content (AvgIpc) is 4.11. The summed E-state index contributed by atoms with van der Waals surface area (Å²) in [7, 11) is 2.61. The molecule has 4 N–H and O–H groups in total. The second kappa shape index (κ2) is 17.6. The number of hydrogen-bond donors (Lipinski definition) is 4. The minimum absolute atomic E-state index is 0.112. The fourth-order valence-corrected chi connectivity index (χ4v) is 10.7. The molecule has 0 radical (unpaired) electrons. The molecule has 62 heavy (non-hydrogen) atoms. The first-order chi connectivity index (χ1) is 29.8. The van der Waals surface area contributed by atoms with Gasteiger partial charge in [0.05, 0.1) is 50.1 Å². The van der Waals surface area contributed by atoms with Gasteiger partial charge in [-0.05, 0) is 102 Å². The van der Waals surface area contributed by atoms with Gasteiger partial charge in [0.15, 0.2) is 0 Å². The Morgan fingerprint density at radius 3 is 1.52 bits per heavy atom. The smallest absolute Gasteiger partial charge is 0.407 e. The summed E-state index contributed by atoms with van der Waals surface area (Å²) in [6.45, 7) is 13.2. The van der Waals surface area contributed by atoms with Crippen LogP contribution in [0, 0.1) is 23.7 Å². The maximum Gasteiger partial charge on any atom is 0.407 e.